The molecule has 2 aromatic carbocycles. The summed E-state index contributed by atoms with van der Waals surface area (Å²) in [6, 6.07) is 12.8. The van der Waals surface area contributed by atoms with E-state index in [9.17, 15) is 22.3 Å². The number of pyridine rings is 1. The van der Waals surface area contributed by atoms with Gasteiger partial charge in [-0.2, -0.15) is 0 Å². The molecule has 0 aliphatic heterocycles. The second-order valence-electron chi connectivity index (χ2n) is 7.77. The minimum absolute atomic E-state index is 0.0639. The molecule has 0 saturated carbocycles. The zero-order chi connectivity index (χ0) is 23.8. The number of rotatable bonds is 11. The number of aromatic nitrogens is 1. The van der Waals surface area contributed by atoms with Gasteiger partial charge in [-0.1, -0.05) is 31.2 Å². The van der Waals surface area contributed by atoms with E-state index in [4.69, 9.17) is 0 Å². The van der Waals surface area contributed by atoms with E-state index < -0.39 is 33.8 Å². The number of nitrogens with one attached hydrogen (secondary N) is 2. The van der Waals surface area contributed by atoms with Crippen LogP contribution in [0.2, 0.25) is 0 Å². The summed E-state index contributed by atoms with van der Waals surface area (Å²) < 4.78 is 55.4. The Kier molecular flexibility index (Phi) is 8.62. The highest BCUT2D eigenvalue weighted by molar-refractivity contribution is 7.89. The molecule has 0 spiro atoms. The number of hydrogen-bond acceptors (Lipinski definition) is 5. The van der Waals surface area contributed by atoms with E-state index in [1.54, 1.807) is 0 Å². The molecular weight excluding hydrogens is 448 g/mol. The standard InChI is InChI=1S/C24H27F2N3O3S/c1-2-17-5-3-6-18(9-17)14-28-16-24(30)23(12-19-10-20(25)13-21(26)11-19)29-33(31,32)22-7-4-8-27-15-22/h3-11,13,15,23-24,28-30H,2,12,14,16H2,1H3. The van der Waals surface area contributed by atoms with E-state index in [2.05, 4.69) is 28.0 Å². The Morgan fingerprint density at radius 2 is 1.73 bits per heavy atom. The Balaban J connectivity index is 1.74. The number of benzene rings is 2. The molecule has 2 unspecified atom stereocenters. The fraction of sp³-hybridized carbons (Fsp3) is 0.292. The van der Waals surface area contributed by atoms with Gasteiger partial charge in [0.05, 0.1) is 12.1 Å². The maximum atomic E-state index is 13.7. The second-order valence-corrected chi connectivity index (χ2v) is 9.48. The van der Waals surface area contributed by atoms with Gasteiger partial charge in [0, 0.05) is 31.5 Å². The molecule has 0 amide bonds. The van der Waals surface area contributed by atoms with Crippen LogP contribution in [0.15, 0.2) is 71.9 Å². The number of nitrogens with zero attached hydrogens (tertiary/aromatic N) is 1. The van der Waals surface area contributed by atoms with Gasteiger partial charge in [0.25, 0.3) is 0 Å². The summed E-state index contributed by atoms with van der Waals surface area (Å²) in [5, 5.41) is 13.9. The lowest BCUT2D eigenvalue weighted by molar-refractivity contribution is 0.134. The maximum absolute atomic E-state index is 13.7. The zero-order valence-electron chi connectivity index (χ0n) is 18.2. The van der Waals surface area contributed by atoms with Gasteiger partial charge in [-0.15, -0.1) is 0 Å². The molecule has 176 valence electrons. The Hall–Kier alpha value is -2.72. The average molecular weight is 476 g/mol. The first-order valence-electron chi connectivity index (χ1n) is 10.6. The number of halogens is 2. The van der Waals surface area contributed by atoms with Crippen LogP contribution in [0.4, 0.5) is 8.78 Å². The smallest absolute Gasteiger partial charge is 0.242 e. The van der Waals surface area contributed by atoms with Crippen molar-refractivity contribution in [3.8, 4) is 0 Å². The van der Waals surface area contributed by atoms with Crippen molar-refractivity contribution in [3.63, 3.8) is 0 Å². The minimum Gasteiger partial charge on any atom is -0.390 e. The van der Waals surface area contributed by atoms with Crippen molar-refractivity contribution < 1.29 is 22.3 Å². The van der Waals surface area contributed by atoms with Crippen molar-refractivity contribution >= 4 is 10.0 Å². The normalized spacial score (nSPS) is 13.6. The highest BCUT2D eigenvalue weighted by Crippen LogP contribution is 2.15. The van der Waals surface area contributed by atoms with Gasteiger partial charge in [0.2, 0.25) is 10.0 Å². The van der Waals surface area contributed by atoms with Crippen LogP contribution in [0.3, 0.4) is 0 Å². The molecule has 0 saturated heterocycles. The quantitative estimate of drug-likeness (QED) is 0.397. The van der Waals surface area contributed by atoms with Crippen LogP contribution in [0, 0.1) is 11.6 Å². The molecular formula is C24H27F2N3O3S. The topological polar surface area (TPSA) is 91.3 Å². The number of sulfonamides is 1. The minimum atomic E-state index is -4.02. The second kappa shape index (κ2) is 11.4. The molecule has 9 heteroatoms. The summed E-state index contributed by atoms with van der Waals surface area (Å²) in [6.07, 6.45) is 2.25. The number of hydrogen-bond donors (Lipinski definition) is 3. The molecule has 0 bridgehead atoms. The van der Waals surface area contributed by atoms with Crippen molar-refractivity contribution in [1.29, 1.82) is 0 Å². The molecule has 0 aliphatic carbocycles. The van der Waals surface area contributed by atoms with Crippen LogP contribution in [0.25, 0.3) is 0 Å². The van der Waals surface area contributed by atoms with Crippen LogP contribution in [0.5, 0.6) is 0 Å². The fourth-order valence-corrected chi connectivity index (χ4v) is 4.71. The Bertz CT molecular complexity index is 1140. The van der Waals surface area contributed by atoms with Gasteiger partial charge in [0.15, 0.2) is 0 Å². The Morgan fingerprint density at radius 1 is 1.00 bits per heavy atom. The fourth-order valence-electron chi connectivity index (χ4n) is 3.48. The van der Waals surface area contributed by atoms with Crippen LogP contribution in [-0.2, 0) is 29.4 Å². The molecule has 3 N–H and O–H groups in total. The van der Waals surface area contributed by atoms with Gasteiger partial charge in [0.1, 0.15) is 16.5 Å². The molecule has 33 heavy (non-hydrogen) atoms. The molecule has 3 aromatic rings. The van der Waals surface area contributed by atoms with Crippen molar-refractivity contribution in [3.05, 3.63) is 95.3 Å². The monoisotopic (exact) mass is 475 g/mol. The maximum Gasteiger partial charge on any atom is 0.242 e. The van der Waals surface area contributed by atoms with E-state index >= 15 is 0 Å². The highest BCUT2D eigenvalue weighted by Gasteiger charge is 2.26. The first kappa shape index (κ1) is 24.9. The summed E-state index contributed by atoms with van der Waals surface area (Å²) in [6.45, 7) is 2.60. The van der Waals surface area contributed by atoms with E-state index in [1.165, 1.54) is 30.1 Å². The van der Waals surface area contributed by atoms with Gasteiger partial charge in [-0.25, -0.2) is 21.9 Å². The van der Waals surface area contributed by atoms with Gasteiger partial charge in [-0.05, 0) is 53.8 Å². The molecule has 0 aliphatic rings. The number of aliphatic hydroxyl groups is 1. The van der Waals surface area contributed by atoms with E-state index in [1.807, 2.05) is 18.2 Å². The largest absolute Gasteiger partial charge is 0.390 e. The summed E-state index contributed by atoms with van der Waals surface area (Å²) >= 11 is 0. The predicted molar refractivity (Wildman–Crippen MR) is 122 cm³/mol. The van der Waals surface area contributed by atoms with Gasteiger partial charge in [-0.3, -0.25) is 4.98 Å². The van der Waals surface area contributed by atoms with Crippen molar-refractivity contribution in [2.24, 2.45) is 0 Å². The summed E-state index contributed by atoms with van der Waals surface area (Å²) in [4.78, 5) is 3.74. The Morgan fingerprint density at radius 3 is 2.39 bits per heavy atom. The average Bonchev–Trinajstić information content (AvgIpc) is 2.78. The van der Waals surface area contributed by atoms with Crippen LogP contribution in [-0.4, -0.2) is 37.2 Å². The third-order valence-electron chi connectivity index (χ3n) is 5.18. The lowest BCUT2D eigenvalue weighted by atomic mass is 10.0. The molecule has 0 fully saturated rings. The lowest BCUT2D eigenvalue weighted by Crippen LogP contribution is -2.48. The molecule has 6 nitrogen and oxygen atoms in total. The van der Waals surface area contributed by atoms with Crippen LogP contribution in [0.1, 0.15) is 23.6 Å². The van der Waals surface area contributed by atoms with Crippen molar-refractivity contribution in [2.45, 2.75) is 43.4 Å². The van der Waals surface area contributed by atoms with E-state index in [0.29, 0.717) is 6.54 Å². The van der Waals surface area contributed by atoms with Gasteiger partial charge >= 0.3 is 0 Å². The summed E-state index contributed by atoms with van der Waals surface area (Å²) in [5.74, 6) is -1.55. The molecule has 1 heterocycles. The Labute approximate surface area is 192 Å². The number of aliphatic hydroxyl groups excluding tert-OH is 1. The third kappa shape index (κ3) is 7.40. The predicted octanol–water partition coefficient (Wildman–Crippen LogP) is 2.96. The first-order chi connectivity index (χ1) is 15.8. The zero-order valence-corrected chi connectivity index (χ0v) is 19.0. The van der Waals surface area contributed by atoms with Crippen molar-refractivity contribution in [1.82, 2.24) is 15.0 Å². The van der Waals surface area contributed by atoms with Crippen LogP contribution < -0.4 is 10.0 Å². The van der Waals surface area contributed by atoms with E-state index in [0.717, 1.165) is 30.2 Å². The SMILES string of the molecule is CCc1cccc(CNCC(O)C(Cc2cc(F)cc(F)c2)NS(=O)(=O)c2cccnc2)c1. The molecule has 3 rings (SSSR count). The molecule has 0 radical (unpaired) electrons. The van der Waals surface area contributed by atoms with E-state index in [-0.39, 0.29) is 23.4 Å². The van der Waals surface area contributed by atoms with Crippen LogP contribution >= 0.6 is 0 Å². The number of aryl methyl sites for hydroxylation is 1. The molecule has 1 aromatic heterocycles. The van der Waals surface area contributed by atoms with Crippen molar-refractivity contribution in [2.75, 3.05) is 6.54 Å². The molecule has 2 atom stereocenters. The lowest BCUT2D eigenvalue weighted by Gasteiger charge is -2.25. The van der Waals surface area contributed by atoms with Gasteiger partial charge < -0.3 is 10.4 Å². The summed E-state index contributed by atoms with van der Waals surface area (Å²) in [5.41, 5.74) is 2.44. The highest BCUT2D eigenvalue weighted by atomic mass is 32.2. The first-order valence-corrected chi connectivity index (χ1v) is 12.1. The summed E-state index contributed by atoms with van der Waals surface area (Å²) in [7, 11) is -4.02. The third-order valence-corrected chi connectivity index (χ3v) is 6.65.